The van der Waals surface area contributed by atoms with Gasteiger partial charge in [-0.15, -0.1) is 0 Å². The number of hydrogen-bond donors (Lipinski definition) is 2. The fourth-order valence-electron chi connectivity index (χ4n) is 4.22. The van der Waals surface area contributed by atoms with Crippen molar-refractivity contribution >= 4 is 5.96 Å². The van der Waals surface area contributed by atoms with Crippen LogP contribution in [0.25, 0.3) is 0 Å². The molecule has 0 bridgehead atoms. The van der Waals surface area contributed by atoms with Gasteiger partial charge in [-0.05, 0) is 38.8 Å². The summed E-state index contributed by atoms with van der Waals surface area (Å²) in [6.07, 6.45) is 8.47. The van der Waals surface area contributed by atoms with Crippen molar-refractivity contribution in [2.24, 2.45) is 4.99 Å². The van der Waals surface area contributed by atoms with Gasteiger partial charge < -0.3 is 15.4 Å². The van der Waals surface area contributed by atoms with Crippen molar-refractivity contribution in [3.8, 4) is 0 Å². The van der Waals surface area contributed by atoms with Gasteiger partial charge in [0.25, 0.3) is 0 Å². The highest BCUT2D eigenvalue weighted by molar-refractivity contribution is 5.80. The van der Waals surface area contributed by atoms with Crippen LogP contribution in [0.15, 0.2) is 4.99 Å². The summed E-state index contributed by atoms with van der Waals surface area (Å²) >= 11 is 0. The number of ether oxygens (including phenoxy) is 1. The molecule has 2 atom stereocenters. The highest BCUT2D eigenvalue weighted by Crippen LogP contribution is 2.17. The van der Waals surface area contributed by atoms with E-state index in [9.17, 15) is 0 Å². The second-order valence-corrected chi connectivity index (χ2v) is 7.93. The Kier molecular flexibility index (Phi) is 8.09. The van der Waals surface area contributed by atoms with Crippen molar-refractivity contribution in [2.45, 2.75) is 77.1 Å². The molecule has 3 heterocycles. The number of hydrogen-bond acceptors (Lipinski definition) is 5. The number of piperidine rings is 1. The van der Waals surface area contributed by atoms with Gasteiger partial charge in [-0.3, -0.25) is 9.89 Å². The average molecular weight is 392 g/mol. The molecule has 2 aliphatic heterocycles. The predicted molar refractivity (Wildman–Crippen MR) is 111 cm³/mol. The molecule has 2 aliphatic rings. The van der Waals surface area contributed by atoms with Crippen LogP contribution in [-0.4, -0.2) is 71.5 Å². The number of aryl methyl sites for hydroxylation is 1. The minimum Gasteiger partial charge on any atom is -0.377 e. The molecule has 8 heteroatoms. The maximum Gasteiger partial charge on any atom is 0.191 e. The summed E-state index contributed by atoms with van der Waals surface area (Å²) in [7, 11) is 3.53. The van der Waals surface area contributed by atoms with Crippen molar-refractivity contribution in [3.05, 3.63) is 11.6 Å². The van der Waals surface area contributed by atoms with Gasteiger partial charge in [-0.1, -0.05) is 19.8 Å². The minimum atomic E-state index is 0.318. The number of nitrogens with zero attached hydrogens (tertiary/aromatic N) is 5. The number of guanidine groups is 1. The Morgan fingerprint density at radius 1 is 1.32 bits per heavy atom. The highest BCUT2D eigenvalue weighted by atomic mass is 16.5. The molecule has 0 amide bonds. The smallest absolute Gasteiger partial charge is 0.191 e. The third kappa shape index (κ3) is 5.67. The van der Waals surface area contributed by atoms with Gasteiger partial charge in [0.1, 0.15) is 12.4 Å². The normalized spacial score (nSPS) is 23.5. The van der Waals surface area contributed by atoms with Crippen LogP contribution >= 0.6 is 0 Å². The Morgan fingerprint density at radius 3 is 3.00 bits per heavy atom. The Morgan fingerprint density at radius 2 is 2.21 bits per heavy atom. The number of likely N-dealkylation sites (tertiary alicyclic amines) is 1. The molecule has 158 valence electrons. The third-order valence-electron chi connectivity index (χ3n) is 5.79. The van der Waals surface area contributed by atoms with Crippen molar-refractivity contribution in [1.82, 2.24) is 30.3 Å². The van der Waals surface area contributed by atoms with Crippen LogP contribution in [-0.2, 0) is 24.3 Å². The van der Waals surface area contributed by atoms with Crippen LogP contribution < -0.4 is 10.6 Å². The topological polar surface area (TPSA) is 79.6 Å². The van der Waals surface area contributed by atoms with Crippen molar-refractivity contribution in [1.29, 1.82) is 0 Å². The van der Waals surface area contributed by atoms with Gasteiger partial charge >= 0.3 is 0 Å². The molecule has 28 heavy (non-hydrogen) atoms. The molecule has 3 rings (SSSR count). The van der Waals surface area contributed by atoms with Gasteiger partial charge in [-0.25, -0.2) is 9.67 Å². The lowest BCUT2D eigenvalue weighted by Crippen LogP contribution is -2.52. The van der Waals surface area contributed by atoms with E-state index in [1.165, 1.54) is 45.2 Å². The lowest BCUT2D eigenvalue weighted by Gasteiger charge is -2.36. The van der Waals surface area contributed by atoms with Crippen LogP contribution in [0.4, 0.5) is 0 Å². The van der Waals surface area contributed by atoms with E-state index in [2.05, 4.69) is 37.5 Å². The molecule has 2 unspecified atom stereocenters. The number of unbranched alkanes of at least 4 members (excludes halogenated alkanes) is 1. The summed E-state index contributed by atoms with van der Waals surface area (Å²) in [4.78, 5) is 11.7. The number of aromatic nitrogens is 3. The molecule has 1 saturated heterocycles. The lowest BCUT2D eigenvalue weighted by molar-refractivity contribution is 0.147. The first-order valence-corrected chi connectivity index (χ1v) is 10.9. The SMILES string of the molecule is CCCCN1CCCCC1CNC(=NC)NC1CCc2nc(COC)nn2C1. The molecule has 1 aromatic rings. The number of fused-ring (bicyclic) bond motifs is 1. The van der Waals surface area contributed by atoms with Gasteiger partial charge in [-0.2, -0.15) is 5.10 Å². The van der Waals surface area contributed by atoms with E-state index < -0.39 is 0 Å². The number of nitrogens with one attached hydrogen (secondary N) is 2. The maximum atomic E-state index is 5.15. The maximum absolute atomic E-state index is 5.15. The molecular weight excluding hydrogens is 354 g/mol. The summed E-state index contributed by atoms with van der Waals surface area (Å²) in [6.45, 7) is 6.97. The first kappa shape index (κ1) is 21.0. The molecule has 0 saturated carbocycles. The zero-order chi connectivity index (χ0) is 19.8. The van der Waals surface area contributed by atoms with E-state index in [1.807, 2.05) is 11.7 Å². The van der Waals surface area contributed by atoms with E-state index in [0.717, 1.165) is 43.5 Å². The second kappa shape index (κ2) is 10.8. The van der Waals surface area contributed by atoms with Crippen molar-refractivity contribution in [2.75, 3.05) is 33.8 Å². The van der Waals surface area contributed by atoms with Crippen LogP contribution in [0.2, 0.25) is 0 Å². The Balaban J connectivity index is 1.49. The Hall–Kier alpha value is -1.67. The Bertz CT molecular complexity index is 630. The molecule has 0 radical (unpaired) electrons. The molecule has 1 fully saturated rings. The zero-order valence-corrected chi connectivity index (χ0v) is 17.8. The van der Waals surface area contributed by atoms with E-state index >= 15 is 0 Å². The van der Waals surface area contributed by atoms with E-state index in [0.29, 0.717) is 18.7 Å². The minimum absolute atomic E-state index is 0.318. The fourth-order valence-corrected chi connectivity index (χ4v) is 4.22. The Labute approximate surface area is 169 Å². The number of methoxy groups -OCH3 is 1. The summed E-state index contributed by atoms with van der Waals surface area (Å²) in [5, 5.41) is 11.7. The fraction of sp³-hybridized carbons (Fsp3) is 0.850. The number of aliphatic imine (C=N–C) groups is 1. The first-order chi connectivity index (χ1) is 13.7. The van der Waals surface area contributed by atoms with E-state index in [1.54, 1.807) is 7.11 Å². The quantitative estimate of drug-likeness (QED) is 0.517. The van der Waals surface area contributed by atoms with Crippen molar-refractivity contribution < 1.29 is 4.74 Å². The monoisotopic (exact) mass is 391 g/mol. The molecular formula is C20H37N7O. The standard InChI is InChI=1S/C20H37N7O/c1-4-5-11-26-12-7-6-8-17(26)13-22-20(21-2)23-16-9-10-19-24-18(15-28-3)25-27(19)14-16/h16-17H,4-15H2,1-3H3,(H2,21,22,23). The molecule has 0 aromatic carbocycles. The van der Waals surface area contributed by atoms with Gasteiger partial charge in [0.15, 0.2) is 11.8 Å². The molecule has 8 nitrogen and oxygen atoms in total. The summed E-state index contributed by atoms with van der Waals surface area (Å²) in [6, 6.07) is 0.932. The molecule has 0 aliphatic carbocycles. The molecule has 0 spiro atoms. The average Bonchev–Trinajstić information content (AvgIpc) is 3.12. The largest absolute Gasteiger partial charge is 0.377 e. The number of rotatable bonds is 8. The zero-order valence-electron chi connectivity index (χ0n) is 17.8. The summed E-state index contributed by atoms with van der Waals surface area (Å²) in [5.41, 5.74) is 0. The summed E-state index contributed by atoms with van der Waals surface area (Å²) in [5.74, 6) is 2.72. The summed E-state index contributed by atoms with van der Waals surface area (Å²) < 4.78 is 7.16. The van der Waals surface area contributed by atoms with Crippen LogP contribution in [0, 0.1) is 0 Å². The molecule has 2 N–H and O–H groups in total. The second-order valence-electron chi connectivity index (χ2n) is 7.93. The van der Waals surface area contributed by atoms with Gasteiger partial charge in [0, 0.05) is 39.2 Å². The van der Waals surface area contributed by atoms with Gasteiger partial charge in [0.05, 0.1) is 6.54 Å². The highest BCUT2D eigenvalue weighted by Gasteiger charge is 2.24. The first-order valence-electron chi connectivity index (χ1n) is 10.9. The van der Waals surface area contributed by atoms with Crippen LogP contribution in [0.5, 0.6) is 0 Å². The van der Waals surface area contributed by atoms with Crippen LogP contribution in [0.3, 0.4) is 0 Å². The van der Waals surface area contributed by atoms with E-state index in [-0.39, 0.29) is 0 Å². The van der Waals surface area contributed by atoms with Gasteiger partial charge in [0.2, 0.25) is 0 Å². The van der Waals surface area contributed by atoms with Crippen molar-refractivity contribution in [3.63, 3.8) is 0 Å². The van der Waals surface area contributed by atoms with Crippen LogP contribution in [0.1, 0.15) is 57.1 Å². The third-order valence-corrected chi connectivity index (χ3v) is 5.79. The molecule has 1 aromatic heterocycles. The van der Waals surface area contributed by atoms with E-state index in [4.69, 9.17) is 4.74 Å². The lowest BCUT2D eigenvalue weighted by atomic mass is 10.0. The predicted octanol–water partition coefficient (Wildman–Crippen LogP) is 1.56.